The first-order chi connectivity index (χ1) is 7.68. The van der Waals surface area contributed by atoms with E-state index in [1.807, 2.05) is 6.92 Å². The van der Waals surface area contributed by atoms with Crippen molar-refractivity contribution >= 4 is 5.97 Å². The number of hydrogen-bond donors (Lipinski definition) is 2. The quantitative estimate of drug-likeness (QED) is 0.789. The lowest BCUT2D eigenvalue weighted by atomic mass is 9.99. The maximum Gasteiger partial charge on any atom is 0.358 e. The fourth-order valence-electron chi connectivity index (χ4n) is 2.05. The molecule has 2 heterocycles. The molecule has 1 aromatic rings. The summed E-state index contributed by atoms with van der Waals surface area (Å²) in [5.41, 5.74) is 0.00246. The molecule has 0 amide bonds. The number of carbonyl (C=O) groups is 1. The molecule has 0 unspecified atom stereocenters. The first kappa shape index (κ1) is 11.1. The zero-order valence-corrected chi connectivity index (χ0v) is 9.26. The Hall–Kier alpha value is -1.43. The second kappa shape index (κ2) is 4.61. The zero-order valence-electron chi connectivity index (χ0n) is 9.26. The smallest absolute Gasteiger partial charge is 0.358 e. The van der Waals surface area contributed by atoms with E-state index in [0.717, 1.165) is 13.0 Å². The minimum atomic E-state index is -1.03. The summed E-state index contributed by atoms with van der Waals surface area (Å²) >= 11 is 0. The van der Waals surface area contributed by atoms with E-state index in [2.05, 4.69) is 15.6 Å². The van der Waals surface area contributed by atoms with Gasteiger partial charge in [-0.2, -0.15) is 0 Å². The molecule has 0 aromatic carbocycles. The highest BCUT2D eigenvalue weighted by Gasteiger charge is 2.22. The third-order valence-electron chi connectivity index (χ3n) is 3.08. The molecule has 1 aliphatic rings. The van der Waals surface area contributed by atoms with Gasteiger partial charge in [0.2, 0.25) is 0 Å². The summed E-state index contributed by atoms with van der Waals surface area (Å²) in [5.74, 6) is -1.03. The summed E-state index contributed by atoms with van der Waals surface area (Å²) in [6.07, 6.45) is 5.01. The fourth-order valence-corrected chi connectivity index (χ4v) is 2.05. The fraction of sp³-hybridized carbons (Fsp3) is 0.700. The van der Waals surface area contributed by atoms with Crippen molar-refractivity contribution in [3.63, 3.8) is 0 Å². The van der Waals surface area contributed by atoms with E-state index in [1.54, 1.807) is 4.68 Å². The standard InChI is InChI=1S/C10H16N4O2/c1-7(8-4-2-3-5-11-8)14-6-9(10(15)16)12-13-14/h6-8,11H,2-5H2,1H3,(H,15,16)/t7-,8-/m0/s1. The van der Waals surface area contributed by atoms with Gasteiger partial charge in [-0.1, -0.05) is 11.6 Å². The highest BCUT2D eigenvalue weighted by Crippen LogP contribution is 2.18. The molecule has 0 spiro atoms. The molecule has 16 heavy (non-hydrogen) atoms. The van der Waals surface area contributed by atoms with Crippen LogP contribution in [0.15, 0.2) is 6.20 Å². The van der Waals surface area contributed by atoms with Gasteiger partial charge in [0.1, 0.15) is 0 Å². The average molecular weight is 224 g/mol. The number of carboxylic acid groups (broad SMARTS) is 1. The molecule has 0 bridgehead atoms. The Morgan fingerprint density at radius 1 is 1.69 bits per heavy atom. The van der Waals surface area contributed by atoms with E-state index in [4.69, 9.17) is 5.11 Å². The summed E-state index contributed by atoms with van der Waals surface area (Å²) in [4.78, 5) is 10.7. The van der Waals surface area contributed by atoms with Crippen LogP contribution in [0.2, 0.25) is 0 Å². The Morgan fingerprint density at radius 3 is 3.06 bits per heavy atom. The summed E-state index contributed by atoms with van der Waals surface area (Å²) in [6, 6.07) is 0.498. The normalized spacial score (nSPS) is 22.9. The molecular formula is C10H16N4O2. The lowest BCUT2D eigenvalue weighted by molar-refractivity contribution is 0.0690. The number of aromatic nitrogens is 3. The van der Waals surface area contributed by atoms with Gasteiger partial charge < -0.3 is 10.4 Å². The van der Waals surface area contributed by atoms with Gasteiger partial charge in [-0.25, -0.2) is 9.48 Å². The number of nitrogens with one attached hydrogen (secondary N) is 1. The summed E-state index contributed by atoms with van der Waals surface area (Å²) < 4.78 is 1.63. The average Bonchev–Trinajstić information content (AvgIpc) is 2.78. The van der Waals surface area contributed by atoms with Crippen LogP contribution in [0.1, 0.15) is 42.7 Å². The molecule has 1 saturated heterocycles. The van der Waals surface area contributed by atoms with Gasteiger partial charge in [-0.3, -0.25) is 0 Å². The Morgan fingerprint density at radius 2 is 2.50 bits per heavy atom. The van der Waals surface area contributed by atoms with Gasteiger partial charge in [0.25, 0.3) is 0 Å². The largest absolute Gasteiger partial charge is 0.476 e. The van der Waals surface area contributed by atoms with Crippen molar-refractivity contribution in [1.82, 2.24) is 20.3 Å². The molecule has 0 saturated carbocycles. The highest BCUT2D eigenvalue weighted by atomic mass is 16.4. The van der Waals surface area contributed by atoms with Crippen molar-refractivity contribution in [2.75, 3.05) is 6.54 Å². The van der Waals surface area contributed by atoms with Gasteiger partial charge >= 0.3 is 5.97 Å². The molecule has 1 fully saturated rings. The van der Waals surface area contributed by atoms with Crippen molar-refractivity contribution in [2.24, 2.45) is 0 Å². The molecule has 6 nitrogen and oxygen atoms in total. The van der Waals surface area contributed by atoms with Crippen LogP contribution in [0.4, 0.5) is 0 Å². The predicted octanol–water partition coefficient (Wildman–Crippen LogP) is 0.679. The molecule has 2 atom stereocenters. The molecule has 6 heteroatoms. The van der Waals surface area contributed by atoms with Gasteiger partial charge in [-0.05, 0) is 26.3 Å². The van der Waals surface area contributed by atoms with E-state index in [0.29, 0.717) is 6.04 Å². The van der Waals surface area contributed by atoms with E-state index in [9.17, 15) is 4.79 Å². The molecule has 1 aliphatic heterocycles. The van der Waals surface area contributed by atoms with E-state index >= 15 is 0 Å². The Bertz CT molecular complexity index is 371. The predicted molar refractivity (Wildman–Crippen MR) is 57.3 cm³/mol. The number of piperidine rings is 1. The van der Waals surface area contributed by atoms with Gasteiger partial charge in [0, 0.05) is 6.04 Å². The van der Waals surface area contributed by atoms with E-state index in [1.165, 1.54) is 19.0 Å². The van der Waals surface area contributed by atoms with Crippen molar-refractivity contribution in [2.45, 2.75) is 38.3 Å². The van der Waals surface area contributed by atoms with Gasteiger partial charge in [-0.15, -0.1) is 5.10 Å². The van der Waals surface area contributed by atoms with Crippen LogP contribution < -0.4 is 5.32 Å². The summed E-state index contributed by atoms with van der Waals surface area (Å²) in [6.45, 7) is 3.05. The third kappa shape index (κ3) is 2.21. The number of carboxylic acids is 1. The third-order valence-corrected chi connectivity index (χ3v) is 3.08. The van der Waals surface area contributed by atoms with Crippen LogP contribution in [0.5, 0.6) is 0 Å². The first-order valence-electron chi connectivity index (χ1n) is 5.57. The van der Waals surface area contributed by atoms with Crippen molar-refractivity contribution in [3.05, 3.63) is 11.9 Å². The van der Waals surface area contributed by atoms with Crippen molar-refractivity contribution in [1.29, 1.82) is 0 Å². The van der Waals surface area contributed by atoms with Gasteiger partial charge in [0.05, 0.1) is 12.2 Å². The first-order valence-corrected chi connectivity index (χ1v) is 5.57. The molecule has 1 aromatic heterocycles. The molecular weight excluding hydrogens is 208 g/mol. The minimum Gasteiger partial charge on any atom is -0.476 e. The number of aromatic carboxylic acids is 1. The topological polar surface area (TPSA) is 80.0 Å². The molecule has 0 aliphatic carbocycles. The number of hydrogen-bond acceptors (Lipinski definition) is 4. The molecule has 2 N–H and O–H groups in total. The Labute approximate surface area is 93.6 Å². The lowest BCUT2D eigenvalue weighted by Gasteiger charge is -2.28. The van der Waals surface area contributed by atoms with Crippen LogP contribution in [0.3, 0.4) is 0 Å². The summed E-state index contributed by atoms with van der Waals surface area (Å²) in [5, 5.41) is 19.7. The SMILES string of the molecule is C[C@@H]([C@@H]1CCCCN1)n1cc(C(=O)O)nn1. The maximum atomic E-state index is 10.7. The van der Waals surface area contributed by atoms with E-state index < -0.39 is 5.97 Å². The van der Waals surface area contributed by atoms with Crippen LogP contribution >= 0.6 is 0 Å². The monoisotopic (exact) mass is 224 g/mol. The minimum absolute atomic E-state index is 0.00246. The number of rotatable bonds is 3. The lowest BCUT2D eigenvalue weighted by Crippen LogP contribution is -2.40. The Kier molecular flexibility index (Phi) is 3.19. The van der Waals surface area contributed by atoms with Crippen LogP contribution in [-0.4, -0.2) is 38.7 Å². The second-order valence-corrected chi connectivity index (χ2v) is 4.19. The zero-order chi connectivity index (χ0) is 11.5. The molecule has 2 rings (SSSR count). The van der Waals surface area contributed by atoms with Crippen LogP contribution in [0, 0.1) is 0 Å². The van der Waals surface area contributed by atoms with Gasteiger partial charge in [0.15, 0.2) is 5.69 Å². The Balaban J connectivity index is 2.07. The molecule has 88 valence electrons. The van der Waals surface area contributed by atoms with Crippen LogP contribution in [0.25, 0.3) is 0 Å². The highest BCUT2D eigenvalue weighted by molar-refractivity contribution is 5.84. The van der Waals surface area contributed by atoms with Crippen molar-refractivity contribution < 1.29 is 9.90 Å². The van der Waals surface area contributed by atoms with Crippen LogP contribution in [-0.2, 0) is 0 Å². The summed E-state index contributed by atoms with van der Waals surface area (Å²) in [7, 11) is 0. The maximum absolute atomic E-state index is 10.7. The number of nitrogens with zero attached hydrogens (tertiary/aromatic N) is 3. The van der Waals surface area contributed by atoms with E-state index in [-0.39, 0.29) is 11.7 Å². The molecule has 0 radical (unpaired) electrons. The van der Waals surface area contributed by atoms with Crippen molar-refractivity contribution in [3.8, 4) is 0 Å². The second-order valence-electron chi connectivity index (χ2n) is 4.19.